The Balaban J connectivity index is 1.62. The molecule has 0 spiro atoms. The van der Waals surface area contributed by atoms with E-state index in [2.05, 4.69) is 22.3 Å². The van der Waals surface area contributed by atoms with Crippen LogP contribution in [0.4, 0.5) is 0 Å². The molecule has 5 heteroatoms. The van der Waals surface area contributed by atoms with Crippen LogP contribution in [-0.4, -0.2) is 61.6 Å². The number of carbonyl (C=O) groups is 1. The van der Waals surface area contributed by atoms with Crippen molar-refractivity contribution in [3.63, 3.8) is 0 Å². The zero-order valence-electron chi connectivity index (χ0n) is 11.6. The van der Waals surface area contributed by atoms with Crippen LogP contribution in [0.3, 0.4) is 0 Å². The molecule has 2 aliphatic rings. The third-order valence-electron chi connectivity index (χ3n) is 3.95. The van der Waals surface area contributed by atoms with Gasteiger partial charge < -0.3 is 9.64 Å². The standard InChI is InChI=1S/C15H21N3O2/c19-14-12-16-15(13-4-2-1-3-5-13)18(14)7-6-17-8-10-20-11-9-17/h1-5,15-16H,6-12H2. The first-order chi connectivity index (χ1) is 9.84. The van der Waals surface area contributed by atoms with E-state index in [9.17, 15) is 4.79 Å². The van der Waals surface area contributed by atoms with E-state index in [0.717, 1.165) is 45.0 Å². The molecule has 1 unspecified atom stereocenters. The molecule has 2 fully saturated rings. The molecule has 0 radical (unpaired) electrons. The number of morpholine rings is 1. The third kappa shape index (κ3) is 3.00. The van der Waals surface area contributed by atoms with Crippen LogP contribution in [-0.2, 0) is 9.53 Å². The summed E-state index contributed by atoms with van der Waals surface area (Å²) < 4.78 is 5.35. The van der Waals surface area contributed by atoms with Crippen LogP contribution in [0.2, 0.25) is 0 Å². The molecule has 1 atom stereocenters. The summed E-state index contributed by atoms with van der Waals surface area (Å²) in [4.78, 5) is 16.4. The molecule has 5 nitrogen and oxygen atoms in total. The molecule has 1 amide bonds. The number of ether oxygens (including phenoxy) is 1. The summed E-state index contributed by atoms with van der Waals surface area (Å²) in [5.41, 5.74) is 1.15. The van der Waals surface area contributed by atoms with Crippen molar-refractivity contribution < 1.29 is 9.53 Å². The lowest BCUT2D eigenvalue weighted by Crippen LogP contribution is -2.42. The molecule has 0 aliphatic carbocycles. The Kier molecular flexibility index (Phi) is 4.30. The Labute approximate surface area is 119 Å². The summed E-state index contributed by atoms with van der Waals surface area (Å²) in [5.74, 6) is 0.187. The Morgan fingerprint density at radius 3 is 2.65 bits per heavy atom. The van der Waals surface area contributed by atoms with E-state index in [0.29, 0.717) is 6.54 Å². The van der Waals surface area contributed by atoms with E-state index in [-0.39, 0.29) is 12.1 Å². The molecule has 2 saturated heterocycles. The first kappa shape index (κ1) is 13.5. The van der Waals surface area contributed by atoms with Gasteiger partial charge in [-0.15, -0.1) is 0 Å². The quantitative estimate of drug-likeness (QED) is 0.866. The predicted molar refractivity (Wildman–Crippen MR) is 76.2 cm³/mol. The molecular formula is C15H21N3O2. The van der Waals surface area contributed by atoms with Crippen LogP contribution in [0.15, 0.2) is 30.3 Å². The number of rotatable bonds is 4. The topological polar surface area (TPSA) is 44.8 Å². The maximum Gasteiger partial charge on any atom is 0.238 e. The Bertz CT molecular complexity index is 446. The maximum atomic E-state index is 12.1. The van der Waals surface area contributed by atoms with Gasteiger partial charge in [0.25, 0.3) is 0 Å². The lowest BCUT2D eigenvalue weighted by molar-refractivity contribution is -0.128. The average molecular weight is 275 g/mol. The highest BCUT2D eigenvalue weighted by molar-refractivity contribution is 5.80. The molecule has 0 aromatic heterocycles. The number of amides is 1. The van der Waals surface area contributed by atoms with Crippen molar-refractivity contribution in [1.29, 1.82) is 0 Å². The largest absolute Gasteiger partial charge is 0.379 e. The third-order valence-corrected chi connectivity index (χ3v) is 3.95. The molecule has 1 aromatic rings. The molecule has 1 aromatic carbocycles. The smallest absolute Gasteiger partial charge is 0.238 e. The van der Waals surface area contributed by atoms with Crippen molar-refractivity contribution in [2.24, 2.45) is 0 Å². The van der Waals surface area contributed by atoms with Gasteiger partial charge in [-0.05, 0) is 5.56 Å². The summed E-state index contributed by atoms with van der Waals surface area (Å²) in [6.07, 6.45) is 0.0183. The zero-order chi connectivity index (χ0) is 13.8. The second-order valence-electron chi connectivity index (χ2n) is 5.24. The molecule has 3 rings (SSSR count). The SMILES string of the molecule is O=C1CNC(c2ccccc2)N1CCN1CCOCC1. The van der Waals surface area contributed by atoms with Crippen LogP contribution in [0.1, 0.15) is 11.7 Å². The fraction of sp³-hybridized carbons (Fsp3) is 0.533. The molecule has 1 N–H and O–H groups in total. The highest BCUT2D eigenvalue weighted by Gasteiger charge is 2.31. The second kappa shape index (κ2) is 6.35. The van der Waals surface area contributed by atoms with E-state index in [1.165, 1.54) is 0 Å². The van der Waals surface area contributed by atoms with Gasteiger partial charge in [-0.1, -0.05) is 30.3 Å². The van der Waals surface area contributed by atoms with Crippen LogP contribution >= 0.6 is 0 Å². The van der Waals surface area contributed by atoms with Crippen molar-refractivity contribution in [1.82, 2.24) is 15.1 Å². The van der Waals surface area contributed by atoms with Gasteiger partial charge in [0.05, 0.1) is 19.8 Å². The fourth-order valence-corrected chi connectivity index (χ4v) is 2.80. The highest BCUT2D eigenvalue weighted by atomic mass is 16.5. The second-order valence-corrected chi connectivity index (χ2v) is 5.24. The maximum absolute atomic E-state index is 12.1. The van der Waals surface area contributed by atoms with Crippen molar-refractivity contribution >= 4 is 5.91 Å². The lowest BCUT2D eigenvalue weighted by Gasteiger charge is -2.30. The number of hydrogen-bond acceptors (Lipinski definition) is 4. The highest BCUT2D eigenvalue weighted by Crippen LogP contribution is 2.21. The molecular weight excluding hydrogens is 254 g/mol. The normalized spacial score (nSPS) is 24.3. The summed E-state index contributed by atoms with van der Waals surface area (Å²) in [7, 11) is 0. The first-order valence-corrected chi connectivity index (χ1v) is 7.22. The van der Waals surface area contributed by atoms with E-state index in [1.54, 1.807) is 0 Å². The molecule has 0 saturated carbocycles. The number of nitrogens with zero attached hydrogens (tertiary/aromatic N) is 2. The summed E-state index contributed by atoms with van der Waals surface area (Å²) in [6.45, 7) is 5.65. The van der Waals surface area contributed by atoms with Crippen LogP contribution in [0, 0.1) is 0 Å². The summed E-state index contributed by atoms with van der Waals surface area (Å²) in [6, 6.07) is 10.2. The van der Waals surface area contributed by atoms with Gasteiger partial charge in [0, 0.05) is 26.2 Å². The fourth-order valence-electron chi connectivity index (χ4n) is 2.80. The first-order valence-electron chi connectivity index (χ1n) is 7.22. The van der Waals surface area contributed by atoms with Gasteiger partial charge in [0.1, 0.15) is 6.17 Å². The van der Waals surface area contributed by atoms with Crippen molar-refractivity contribution in [2.45, 2.75) is 6.17 Å². The average Bonchev–Trinajstić information content (AvgIpc) is 2.88. The van der Waals surface area contributed by atoms with Crippen LogP contribution < -0.4 is 5.32 Å². The van der Waals surface area contributed by atoms with Gasteiger partial charge >= 0.3 is 0 Å². The van der Waals surface area contributed by atoms with Crippen molar-refractivity contribution in [3.05, 3.63) is 35.9 Å². The number of hydrogen-bond donors (Lipinski definition) is 1. The number of carbonyl (C=O) groups excluding carboxylic acids is 1. The van der Waals surface area contributed by atoms with E-state index >= 15 is 0 Å². The lowest BCUT2D eigenvalue weighted by atomic mass is 10.1. The molecule has 20 heavy (non-hydrogen) atoms. The van der Waals surface area contributed by atoms with Gasteiger partial charge in [-0.25, -0.2) is 0 Å². The molecule has 0 bridgehead atoms. The zero-order valence-corrected chi connectivity index (χ0v) is 11.6. The summed E-state index contributed by atoms with van der Waals surface area (Å²) in [5, 5.41) is 3.29. The summed E-state index contributed by atoms with van der Waals surface area (Å²) >= 11 is 0. The van der Waals surface area contributed by atoms with Crippen molar-refractivity contribution in [2.75, 3.05) is 45.9 Å². The Morgan fingerprint density at radius 2 is 1.90 bits per heavy atom. The van der Waals surface area contributed by atoms with Gasteiger partial charge in [0.2, 0.25) is 5.91 Å². The van der Waals surface area contributed by atoms with Gasteiger partial charge in [0.15, 0.2) is 0 Å². The van der Waals surface area contributed by atoms with Gasteiger partial charge in [-0.2, -0.15) is 0 Å². The van der Waals surface area contributed by atoms with E-state index in [1.807, 2.05) is 23.1 Å². The minimum absolute atomic E-state index is 0.0183. The Hall–Kier alpha value is -1.43. The minimum atomic E-state index is 0.0183. The number of benzene rings is 1. The van der Waals surface area contributed by atoms with Crippen LogP contribution in [0.25, 0.3) is 0 Å². The molecule has 108 valence electrons. The van der Waals surface area contributed by atoms with Gasteiger partial charge in [-0.3, -0.25) is 15.0 Å². The van der Waals surface area contributed by atoms with E-state index in [4.69, 9.17) is 4.74 Å². The molecule has 2 heterocycles. The Morgan fingerprint density at radius 1 is 1.15 bits per heavy atom. The number of nitrogens with one attached hydrogen (secondary N) is 1. The van der Waals surface area contributed by atoms with Crippen molar-refractivity contribution in [3.8, 4) is 0 Å². The predicted octanol–water partition coefficient (Wildman–Crippen LogP) is 0.449. The minimum Gasteiger partial charge on any atom is -0.379 e. The van der Waals surface area contributed by atoms with Crippen LogP contribution in [0.5, 0.6) is 0 Å². The monoisotopic (exact) mass is 275 g/mol. The molecule has 2 aliphatic heterocycles. The van der Waals surface area contributed by atoms with E-state index < -0.39 is 0 Å².